The summed E-state index contributed by atoms with van der Waals surface area (Å²) in [6.07, 6.45) is -0.0279. The van der Waals surface area contributed by atoms with Crippen LogP contribution in [0, 0.1) is 10.1 Å². The van der Waals surface area contributed by atoms with Gasteiger partial charge in [-0.1, -0.05) is 48.5 Å². The number of carbonyl (C=O) groups is 1. The zero-order valence-electron chi connectivity index (χ0n) is 11.3. The van der Waals surface area contributed by atoms with Crippen LogP contribution in [0.2, 0.25) is 0 Å². The molecule has 0 unspecified atom stereocenters. The van der Waals surface area contributed by atoms with Gasteiger partial charge in [-0.3, -0.25) is 14.9 Å². The van der Waals surface area contributed by atoms with E-state index in [4.69, 9.17) is 4.74 Å². The summed E-state index contributed by atoms with van der Waals surface area (Å²) in [5.41, 5.74) is 0.763. The molecule has 2 aromatic carbocycles. The molecular weight excluding hydrogens is 270 g/mol. The molecule has 0 spiro atoms. The van der Waals surface area contributed by atoms with Crippen molar-refractivity contribution in [3.05, 3.63) is 76.3 Å². The summed E-state index contributed by atoms with van der Waals surface area (Å²) in [6.45, 7) is -0.298. The van der Waals surface area contributed by atoms with Gasteiger partial charge in [0.1, 0.15) is 5.75 Å². The molecule has 2 aromatic rings. The summed E-state index contributed by atoms with van der Waals surface area (Å²) in [4.78, 5) is 22.3. The Labute approximate surface area is 122 Å². The van der Waals surface area contributed by atoms with Gasteiger partial charge in [0.15, 0.2) is 0 Å². The zero-order chi connectivity index (χ0) is 15.1. The smallest absolute Gasteiger partial charge is 0.312 e. The molecule has 0 aromatic heterocycles. The number of hydrogen-bond acceptors (Lipinski definition) is 4. The van der Waals surface area contributed by atoms with E-state index in [1.54, 1.807) is 48.5 Å². The Morgan fingerprint density at radius 1 is 1.05 bits per heavy atom. The third-order valence-corrected chi connectivity index (χ3v) is 3.03. The number of para-hydroxylation sites is 1. The van der Waals surface area contributed by atoms with Crippen LogP contribution >= 0.6 is 0 Å². The number of benzene rings is 2. The Morgan fingerprint density at radius 2 is 1.62 bits per heavy atom. The van der Waals surface area contributed by atoms with Crippen LogP contribution in [0.3, 0.4) is 0 Å². The van der Waals surface area contributed by atoms with Gasteiger partial charge < -0.3 is 4.74 Å². The van der Waals surface area contributed by atoms with E-state index in [9.17, 15) is 14.9 Å². The zero-order valence-corrected chi connectivity index (χ0v) is 11.3. The quantitative estimate of drug-likeness (QED) is 0.354. The monoisotopic (exact) mass is 285 g/mol. The number of hydrogen-bond donors (Lipinski definition) is 0. The summed E-state index contributed by atoms with van der Waals surface area (Å²) in [5.74, 6) is -0.523. The molecule has 0 fully saturated rings. The number of ether oxygens (including phenoxy) is 1. The van der Waals surface area contributed by atoms with Crippen molar-refractivity contribution in [1.82, 2.24) is 0 Å². The van der Waals surface area contributed by atoms with Crippen LogP contribution in [0.1, 0.15) is 17.9 Å². The first-order valence-corrected chi connectivity index (χ1v) is 6.57. The van der Waals surface area contributed by atoms with E-state index in [-0.39, 0.29) is 13.0 Å². The fourth-order valence-electron chi connectivity index (χ4n) is 2.06. The predicted molar refractivity (Wildman–Crippen MR) is 77.7 cm³/mol. The van der Waals surface area contributed by atoms with E-state index in [1.165, 1.54) is 0 Å². The minimum Gasteiger partial charge on any atom is -0.427 e. The van der Waals surface area contributed by atoms with Crippen molar-refractivity contribution in [2.24, 2.45) is 0 Å². The summed E-state index contributed by atoms with van der Waals surface area (Å²) >= 11 is 0. The van der Waals surface area contributed by atoms with Crippen LogP contribution in [0.4, 0.5) is 0 Å². The van der Waals surface area contributed by atoms with Gasteiger partial charge in [0, 0.05) is 4.92 Å². The number of esters is 1. The van der Waals surface area contributed by atoms with Crippen molar-refractivity contribution >= 4 is 5.97 Å². The predicted octanol–water partition coefficient (Wildman–Crippen LogP) is 3.04. The molecule has 5 heteroatoms. The maximum Gasteiger partial charge on any atom is 0.312 e. The molecule has 2 rings (SSSR count). The van der Waals surface area contributed by atoms with Gasteiger partial charge in [-0.25, -0.2) is 0 Å². The normalized spacial score (nSPS) is 11.6. The van der Waals surface area contributed by atoms with Crippen molar-refractivity contribution in [1.29, 1.82) is 0 Å². The van der Waals surface area contributed by atoms with E-state index < -0.39 is 16.8 Å². The lowest BCUT2D eigenvalue weighted by atomic mass is 9.96. The van der Waals surface area contributed by atoms with Crippen molar-refractivity contribution in [2.45, 2.75) is 12.3 Å². The third-order valence-electron chi connectivity index (χ3n) is 3.03. The molecule has 21 heavy (non-hydrogen) atoms. The summed E-state index contributed by atoms with van der Waals surface area (Å²) < 4.78 is 5.19. The number of rotatable bonds is 6. The van der Waals surface area contributed by atoms with Gasteiger partial charge in [-0.15, -0.1) is 0 Å². The maximum absolute atomic E-state index is 11.9. The minimum absolute atomic E-state index is 0.0279. The fraction of sp³-hybridized carbons (Fsp3) is 0.188. The van der Waals surface area contributed by atoms with Crippen LogP contribution < -0.4 is 4.74 Å². The molecule has 0 heterocycles. The van der Waals surface area contributed by atoms with Crippen LogP contribution in [0.5, 0.6) is 5.75 Å². The van der Waals surface area contributed by atoms with E-state index >= 15 is 0 Å². The molecule has 0 radical (unpaired) electrons. The molecule has 0 saturated heterocycles. The highest BCUT2D eigenvalue weighted by Crippen LogP contribution is 2.21. The topological polar surface area (TPSA) is 69.4 Å². The standard InChI is InChI=1S/C16H15NO4/c18-16(21-15-9-5-2-6-10-15)11-14(12-17(19)20)13-7-3-1-4-8-13/h1-10,14H,11-12H2/t14-/m1/s1. The lowest BCUT2D eigenvalue weighted by molar-refractivity contribution is -0.483. The lowest BCUT2D eigenvalue weighted by Crippen LogP contribution is -2.19. The van der Waals surface area contributed by atoms with E-state index in [0.717, 1.165) is 5.56 Å². The molecule has 0 N–H and O–H groups in total. The Bertz CT molecular complexity index is 598. The molecule has 0 bridgehead atoms. The second-order valence-electron chi connectivity index (χ2n) is 4.61. The second-order valence-corrected chi connectivity index (χ2v) is 4.61. The van der Waals surface area contributed by atoms with Crippen molar-refractivity contribution in [2.75, 3.05) is 6.54 Å². The average Bonchev–Trinajstić information content (AvgIpc) is 2.48. The minimum atomic E-state index is -0.489. The first-order chi connectivity index (χ1) is 10.1. The average molecular weight is 285 g/mol. The number of nitrogens with zero attached hydrogens (tertiary/aromatic N) is 1. The SMILES string of the molecule is O=C(C[C@H](C[N+](=O)[O-])c1ccccc1)Oc1ccccc1. The molecule has 0 aliphatic carbocycles. The molecule has 0 amide bonds. The highest BCUT2D eigenvalue weighted by atomic mass is 16.6. The Kier molecular flexibility index (Phi) is 5.04. The first-order valence-electron chi connectivity index (χ1n) is 6.57. The molecular formula is C16H15NO4. The van der Waals surface area contributed by atoms with Gasteiger partial charge >= 0.3 is 5.97 Å². The molecule has 0 aliphatic rings. The highest BCUT2D eigenvalue weighted by molar-refractivity contribution is 5.73. The van der Waals surface area contributed by atoms with Crippen LogP contribution in [0.15, 0.2) is 60.7 Å². The van der Waals surface area contributed by atoms with Crippen molar-refractivity contribution < 1.29 is 14.5 Å². The Balaban J connectivity index is 2.05. The van der Waals surface area contributed by atoms with Gasteiger partial charge in [-0.2, -0.15) is 0 Å². The Hall–Kier alpha value is -2.69. The third kappa shape index (κ3) is 4.72. The molecule has 108 valence electrons. The fourth-order valence-corrected chi connectivity index (χ4v) is 2.06. The largest absolute Gasteiger partial charge is 0.427 e. The van der Waals surface area contributed by atoms with Crippen LogP contribution in [-0.2, 0) is 4.79 Å². The summed E-state index contributed by atoms with van der Waals surface area (Å²) in [7, 11) is 0. The molecule has 5 nitrogen and oxygen atoms in total. The number of carbonyl (C=O) groups excluding carboxylic acids is 1. The van der Waals surface area contributed by atoms with E-state index in [2.05, 4.69) is 0 Å². The second kappa shape index (κ2) is 7.19. The molecule has 0 saturated carbocycles. The number of nitro groups is 1. The first kappa shape index (κ1) is 14.7. The summed E-state index contributed by atoms with van der Waals surface area (Å²) in [6, 6.07) is 17.7. The van der Waals surface area contributed by atoms with Crippen LogP contribution in [-0.4, -0.2) is 17.4 Å². The van der Waals surface area contributed by atoms with Crippen molar-refractivity contribution in [3.8, 4) is 5.75 Å². The van der Waals surface area contributed by atoms with Gasteiger partial charge in [0.25, 0.3) is 0 Å². The van der Waals surface area contributed by atoms with E-state index in [1.807, 2.05) is 12.1 Å². The van der Waals surface area contributed by atoms with Gasteiger partial charge in [-0.05, 0) is 17.7 Å². The maximum atomic E-state index is 11.9. The summed E-state index contributed by atoms with van der Waals surface area (Å²) in [5, 5.41) is 10.8. The van der Waals surface area contributed by atoms with Gasteiger partial charge in [0.05, 0.1) is 12.3 Å². The Morgan fingerprint density at radius 3 is 2.19 bits per heavy atom. The lowest BCUT2D eigenvalue weighted by Gasteiger charge is -2.12. The van der Waals surface area contributed by atoms with Crippen molar-refractivity contribution in [3.63, 3.8) is 0 Å². The molecule has 0 aliphatic heterocycles. The van der Waals surface area contributed by atoms with Crippen LogP contribution in [0.25, 0.3) is 0 Å². The van der Waals surface area contributed by atoms with Gasteiger partial charge in [0.2, 0.25) is 6.54 Å². The van der Waals surface area contributed by atoms with E-state index in [0.29, 0.717) is 5.75 Å². The highest BCUT2D eigenvalue weighted by Gasteiger charge is 2.22. The molecule has 1 atom stereocenters.